The highest BCUT2D eigenvalue weighted by atomic mass is 32.1. The molecule has 3 aromatic rings. The summed E-state index contributed by atoms with van der Waals surface area (Å²) in [6, 6.07) is 14.4. The molecule has 2 aromatic carbocycles. The van der Waals surface area contributed by atoms with E-state index < -0.39 is 18.2 Å². The molecule has 3 heterocycles. The van der Waals surface area contributed by atoms with Crippen LogP contribution in [0.5, 0.6) is 0 Å². The molecular formula is C33H39N3O4S. The molecule has 3 amide bonds. The predicted molar refractivity (Wildman–Crippen MR) is 161 cm³/mol. The Kier molecular flexibility index (Phi) is 8.34. The number of aliphatic hydroxyl groups is 1. The molecule has 1 saturated heterocycles. The van der Waals surface area contributed by atoms with Crippen LogP contribution in [0.2, 0.25) is 0 Å². The van der Waals surface area contributed by atoms with Crippen LogP contribution in [0, 0.1) is 12.8 Å². The zero-order valence-corrected chi connectivity index (χ0v) is 25.2. The van der Waals surface area contributed by atoms with Gasteiger partial charge in [-0.1, -0.05) is 58.0 Å². The number of benzene rings is 2. The number of carbonyl (C=O) groups is 3. The van der Waals surface area contributed by atoms with Crippen molar-refractivity contribution in [2.24, 2.45) is 5.92 Å². The van der Waals surface area contributed by atoms with Gasteiger partial charge in [0.1, 0.15) is 12.1 Å². The number of nitrogens with one attached hydrogen (secondary N) is 1. The van der Waals surface area contributed by atoms with E-state index in [2.05, 4.69) is 55.7 Å². The Morgan fingerprint density at radius 3 is 2.51 bits per heavy atom. The summed E-state index contributed by atoms with van der Waals surface area (Å²) in [4.78, 5) is 45.1. The fourth-order valence-corrected chi connectivity index (χ4v) is 7.11. The third-order valence-electron chi connectivity index (χ3n) is 8.28. The first-order valence-corrected chi connectivity index (χ1v) is 15.3. The lowest BCUT2D eigenvalue weighted by Crippen LogP contribution is -2.55. The number of carbonyl (C=O) groups excluding carboxylic acids is 3. The van der Waals surface area contributed by atoms with Gasteiger partial charge in [0.05, 0.1) is 6.10 Å². The summed E-state index contributed by atoms with van der Waals surface area (Å²) in [5, 5.41) is 15.7. The van der Waals surface area contributed by atoms with Crippen LogP contribution in [0.15, 0.2) is 53.9 Å². The monoisotopic (exact) mass is 573 g/mol. The first-order valence-electron chi connectivity index (χ1n) is 14.4. The molecule has 0 radical (unpaired) electrons. The molecule has 7 nitrogen and oxygen atoms in total. The van der Waals surface area contributed by atoms with Gasteiger partial charge in [-0.15, -0.1) is 11.3 Å². The van der Waals surface area contributed by atoms with Crippen molar-refractivity contribution in [3.63, 3.8) is 0 Å². The van der Waals surface area contributed by atoms with E-state index in [1.54, 1.807) is 22.3 Å². The highest BCUT2D eigenvalue weighted by Gasteiger charge is 2.45. The van der Waals surface area contributed by atoms with Crippen molar-refractivity contribution in [2.45, 2.75) is 78.2 Å². The van der Waals surface area contributed by atoms with Crippen LogP contribution >= 0.6 is 11.3 Å². The van der Waals surface area contributed by atoms with Crippen LogP contribution in [0.1, 0.15) is 72.6 Å². The second kappa shape index (κ2) is 11.8. The summed E-state index contributed by atoms with van der Waals surface area (Å²) in [6.45, 7) is 10.9. The SMILES string of the molecule is Cc1ccsc1-c1ccc(C(C)C)c(CNC(=O)[C@@H]2C[C@@H](O)CN2C(=O)[C@H](C(C)C)N2Cc3ccccc3C2=O)c1. The van der Waals surface area contributed by atoms with E-state index in [0.29, 0.717) is 18.7 Å². The lowest BCUT2D eigenvalue weighted by Gasteiger charge is -2.35. The molecule has 0 spiro atoms. The second-order valence-electron chi connectivity index (χ2n) is 11.9. The van der Waals surface area contributed by atoms with Crippen molar-refractivity contribution < 1.29 is 19.5 Å². The van der Waals surface area contributed by atoms with Gasteiger partial charge < -0.3 is 20.2 Å². The number of likely N-dealkylation sites (tertiary alicyclic amines) is 1. The summed E-state index contributed by atoms with van der Waals surface area (Å²) >= 11 is 1.70. The lowest BCUT2D eigenvalue weighted by molar-refractivity contribution is -0.143. The molecule has 3 atom stereocenters. The number of aryl methyl sites for hydroxylation is 1. The molecule has 41 heavy (non-hydrogen) atoms. The van der Waals surface area contributed by atoms with Crippen molar-refractivity contribution in [3.8, 4) is 10.4 Å². The van der Waals surface area contributed by atoms with E-state index >= 15 is 0 Å². The summed E-state index contributed by atoms with van der Waals surface area (Å²) in [7, 11) is 0. The number of fused-ring (bicyclic) bond motifs is 1. The Morgan fingerprint density at radius 1 is 1.10 bits per heavy atom. The number of aliphatic hydroxyl groups excluding tert-OH is 1. The maximum Gasteiger partial charge on any atom is 0.255 e. The topological polar surface area (TPSA) is 89.9 Å². The standard InChI is InChI=1S/C33H39N3O4S/c1-19(2)26-11-10-22(30-21(5)12-13-41-30)14-24(26)16-34-31(38)28-15-25(37)18-35(28)33(40)29(20(3)4)36-17-23-8-6-7-9-27(23)32(36)39/h6-14,19-20,25,28-29,37H,15-18H2,1-5H3,(H,34,38)/t25-,28+,29+/m1/s1. The molecule has 8 heteroatoms. The minimum absolute atomic E-state index is 0.0690. The van der Waals surface area contributed by atoms with Gasteiger partial charge in [0.15, 0.2) is 0 Å². The van der Waals surface area contributed by atoms with Crippen LogP contribution in [0.25, 0.3) is 10.4 Å². The van der Waals surface area contributed by atoms with Crippen molar-refractivity contribution in [2.75, 3.05) is 6.54 Å². The average Bonchev–Trinajstić information content (AvgIpc) is 3.64. The Balaban J connectivity index is 1.34. The van der Waals surface area contributed by atoms with E-state index in [1.807, 2.05) is 32.0 Å². The lowest BCUT2D eigenvalue weighted by atomic mass is 9.94. The van der Waals surface area contributed by atoms with Gasteiger partial charge >= 0.3 is 0 Å². The van der Waals surface area contributed by atoms with Gasteiger partial charge in [0.2, 0.25) is 11.8 Å². The summed E-state index contributed by atoms with van der Waals surface area (Å²) < 4.78 is 0. The number of amides is 3. The molecule has 0 aliphatic carbocycles. The molecule has 2 aliphatic rings. The zero-order chi connectivity index (χ0) is 29.4. The Morgan fingerprint density at radius 2 is 1.85 bits per heavy atom. The molecule has 5 rings (SSSR count). The fourth-order valence-electron chi connectivity index (χ4n) is 6.19. The predicted octanol–water partition coefficient (Wildman–Crippen LogP) is 5.11. The molecule has 216 valence electrons. The minimum atomic E-state index is -0.802. The van der Waals surface area contributed by atoms with E-state index in [4.69, 9.17) is 0 Å². The first kappa shape index (κ1) is 29.0. The van der Waals surface area contributed by atoms with E-state index in [9.17, 15) is 19.5 Å². The van der Waals surface area contributed by atoms with Gasteiger partial charge in [0.25, 0.3) is 5.91 Å². The van der Waals surface area contributed by atoms with Gasteiger partial charge in [-0.3, -0.25) is 14.4 Å². The van der Waals surface area contributed by atoms with Gasteiger partial charge in [-0.2, -0.15) is 0 Å². The second-order valence-corrected chi connectivity index (χ2v) is 12.8. The highest BCUT2D eigenvalue weighted by Crippen LogP contribution is 2.33. The maximum absolute atomic E-state index is 14.0. The molecule has 1 aromatic heterocycles. The van der Waals surface area contributed by atoms with Crippen molar-refractivity contribution in [1.29, 1.82) is 0 Å². The Hall–Kier alpha value is -3.49. The molecular weight excluding hydrogens is 534 g/mol. The van der Waals surface area contributed by atoms with Crippen LogP contribution < -0.4 is 5.32 Å². The van der Waals surface area contributed by atoms with Crippen LogP contribution in [-0.2, 0) is 22.7 Å². The van der Waals surface area contributed by atoms with Crippen molar-refractivity contribution in [1.82, 2.24) is 15.1 Å². The summed E-state index contributed by atoms with van der Waals surface area (Å²) in [5.41, 5.74) is 6.05. The number of hydrogen-bond acceptors (Lipinski definition) is 5. The number of thiophene rings is 1. The Bertz CT molecular complexity index is 1460. The van der Waals surface area contributed by atoms with E-state index in [1.165, 1.54) is 15.3 Å². The maximum atomic E-state index is 14.0. The van der Waals surface area contributed by atoms with Crippen molar-refractivity contribution in [3.05, 3.63) is 81.7 Å². The number of rotatable bonds is 8. The van der Waals surface area contributed by atoms with Crippen LogP contribution in [-0.4, -0.2) is 57.4 Å². The third-order valence-corrected chi connectivity index (χ3v) is 9.34. The third kappa shape index (κ3) is 5.68. The van der Waals surface area contributed by atoms with Gasteiger partial charge in [0, 0.05) is 36.5 Å². The van der Waals surface area contributed by atoms with Crippen LogP contribution in [0.4, 0.5) is 0 Å². The zero-order valence-electron chi connectivity index (χ0n) is 24.4. The molecule has 0 unspecified atom stereocenters. The summed E-state index contributed by atoms with van der Waals surface area (Å²) in [6.07, 6.45) is -0.632. The first-order chi connectivity index (χ1) is 19.6. The molecule has 0 bridgehead atoms. The average molecular weight is 574 g/mol. The normalized spacial score (nSPS) is 19.3. The number of hydrogen-bond donors (Lipinski definition) is 2. The molecule has 0 saturated carbocycles. The van der Waals surface area contributed by atoms with Gasteiger partial charge in [-0.25, -0.2) is 0 Å². The Labute approximate surface area is 246 Å². The number of β-amino-alcohol motifs (C(OH)–C–C–N with tert-alkyl or cyclic N) is 1. The molecule has 2 N–H and O–H groups in total. The van der Waals surface area contributed by atoms with Crippen LogP contribution in [0.3, 0.4) is 0 Å². The van der Waals surface area contributed by atoms with E-state index in [0.717, 1.165) is 22.3 Å². The molecule has 1 fully saturated rings. The smallest absolute Gasteiger partial charge is 0.255 e. The summed E-state index contributed by atoms with van der Waals surface area (Å²) in [5.74, 6) is -0.646. The minimum Gasteiger partial charge on any atom is -0.391 e. The molecule has 2 aliphatic heterocycles. The number of nitrogens with zero attached hydrogens (tertiary/aromatic N) is 2. The fraction of sp³-hybridized carbons (Fsp3) is 0.424. The highest BCUT2D eigenvalue weighted by molar-refractivity contribution is 7.13. The van der Waals surface area contributed by atoms with E-state index in [-0.39, 0.29) is 42.5 Å². The quantitative estimate of drug-likeness (QED) is 0.392. The van der Waals surface area contributed by atoms with Crippen molar-refractivity contribution >= 4 is 29.1 Å². The van der Waals surface area contributed by atoms with Gasteiger partial charge in [-0.05, 0) is 70.2 Å². The largest absolute Gasteiger partial charge is 0.391 e.